The number of nitrogens with zero attached hydrogens (tertiary/aromatic N) is 5. The number of phenols is 1. The third-order valence-corrected chi connectivity index (χ3v) is 11.6. The number of nitrogens with one attached hydrogen (secondary N) is 1. The van der Waals surface area contributed by atoms with Crippen molar-refractivity contribution < 1.29 is 18.6 Å². The van der Waals surface area contributed by atoms with Gasteiger partial charge in [0, 0.05) is 43.2 Å². The molecule has 8 nitrogen and oxygen atoms in total. The Morgan fingerprint density at radius 2 is 1.83 bits per heavy atom. The lowest BCUT2D eigenvalue weighted by atomic mass is 9.93. The fourth-order valence-electron chi connectivity index (χ4n) is 8.31. The average molecular weight is 627 g/mol. The van der Waals surface area contributed by atoms with Crippen LogP contribution in [0.4, 0.5) is 14.6 Å². The lowest BCUT2D eigenvalue weighted by Crippen LogP contribution is -2.51. The van der Waals surface area contributed by atoms with E-state index in [2.05, 4.69) is 15.1 Å². The summed E-state index contributed by atoms with van der Waals surface area (Å²) in [6.45, 7) is 7.89. The molecular formula is C36H40F2N6O2. The van der Waals surface area contributed by atoms with E-state index in [9.17, 15) is 9.50 Å². The molecule has 2 saturated heterocycles. The number of piperazine rings is 1. The highest BCUT2D eigenvalue weighted by Crippen LogP contribution is 2.55. The van der Waals surface area contributed by atoms with Crippen LogP contribution in [0.5, 0.6) is 11.8 Å². The molecule has 0 radical (unpaired) electrons. The van der Waals surface area contributed by atoms with Crippen LogP contribution in [0, 0.1) is 29.4 Å². The van der Waals surface area contributed by atoms with Crippen LogP contribution in [-0.4, -0.2) is 76.9 Å². The van der Waals surface area contributed by atoms with Gasteiger partial charge in [-0.3, -0.25) is 0 Å². The van der Waals surface area contributed by atoms with Gasteiger partial charge in [-0.2, -0.15) is 9.97 Å². The smallest absolute Gasteiger partial charge is 0.319 e. The molecule has 3 aliphatic heterocycles. The molecule has 2 aromatic carbocycles. The summed E-state index contributed by atoms with van der Waals surface area (Å²) in [5.74, 6) is -0.364. The van der Waals surface area contributed by atoms with Gasteiger partial charge in [-0.25, -0.2) is 13.8 Å². The third-order valence-electron chi connectivity index (χ3n) is 11.6. The third kappa shape index (κ3) is 4.78. The maximum Gasteiger partial charge on any atom is 0.319 e. The predicted molar refractivity (Wildman–Crippen MR) is 173 cm³/mol. The summed E-state index contributed by atoms with van der Waals surface area (Å²) in [6, 6.07) is 6.39. The monoisotopic (exact) mass is 626 g/mol. The summed E-state index contributed by atoms with van der Waals surface area (Å²) in [4.78, 5) is 19.5. The van der Waals surface area contributed by atoms with E-state index >= 15 is 4.39 Å². The Morgan fingerprint density at radius 1 is 1.00 bits per heavy atom. The Kier molecular flexibility index (Phi) is 6.49. The number of likely N-dealkylation sites (tertiary alicyclic amines) is 1. The maximum atomic E-state index is 16.9. The summed E-state index contributed by atoms with van der Waals surface area (Å²) in [6.07, 6.45) is 9.09. The molecule has 2 saturated carbocycles. The molecule has 0 amide bonds. The summed E-state index contributed by atoms with van der Waals surface area (Å²) in [5.41, 5.74) is 2.41. The van der Waals surface area contributed by atoms with Crippen LogP contribution in [0.1, 0.15) is 56.2 Å². The number of aromatic hydroxyl groups is 1. The van der Waals surface area contributed by atoms with E-state index in [1.165, 1.54) is 50.9 Å². The summed E-state index contributed by atoms with van der Waals surface area (Å²) in [7, 11) is 0. The van der Waals surface area contributed by atoms with Gasteiger partial charge in [0.1, 0.15) is 28.6 Å². The molecule has 0 bridgehead atoms. The number of aryl methyl sites for hydroxylation is 2. The van der Waals surface area contributed by atoms with E-state index in [4.69, 9.17) is 19.7 Å². The zero-order chi connectivity index (χ0) is 31.2. The van der Waals surface area contributed by atoms with Crippen molar-refractivity contribution in [3.05, 3.63) is 47.2 Å². The molecule has 1 atom stereocenters. The van der Waals surface area contributed by atoms with E-state index < -0.39 is 11.6 Å². The van der Waals surface area contributed by atoms with Gasteiger partial charge in [-0.05, 0) is 111 Å². The molecule has 1 unspecified atom stereocenters. The first kappa shape index (κ1) is 28.6. The molecule has 2 aromatic heterocycles. The van der Waals surface area contributed by atoms with Crippen molar-refractivity contribution in [1.29, 1.82) is 0 Å². The maximum absolute atomic E-state index is 16.9. The Hall–Kier alpha value is -3.63. The lowest BCUT2D eigenvalue weighted by Gasteiger charge is -2.36. The first-order valence-electron chi connectivity index (χ1n) is 17.0. The van der Waals surface area contributed by atoms with Crippen LogP contribution >= 0.6 is 0 Å². The Morgan fingerprint density at radius 3 is 2.61 bits per heavy atom. The van der Waals surface area contributed by atoms with Crippen LogP contribution < -0.4 is 15.0 Å². The zero-order valence-electron chi connectivity index (χ0n) is 26.3. The highest BCUT2D eigenvalue weighted by atomic mass is 19.1. The quantitative estimate of drug-likeness (QED) is 0.274. The first-order chi connectivity index (χ1) is 22.3. The van der Waals surface area contributed by atoms with Gasteiger partial charge in [0.05, 0.1) is 17.7 Å². The number of piperidine rings is 1. The molecule has 9 rings (SSSR count). The molecule has 240 valence electrons. The van der Waals surface area contributed by atoms with E-state index in [-0.39, 0.29) is 34.4 Å². The number of fused-ring (bicyclic) bond motifs is 3. The topological polar surface area (TPSA) is 86.6 Å². The number of ether oxygens (including phenoxy) is 1. The Balaban J connectivity index is 1.13. The fraction of sp³-hybridized carbons (Fsp3) is 0.528. The normalized spacial score (nSPS) is 23.0. The number of anilines is 1. The fourth-order valence-corrected chi connectivity index (χ4v) is 8.31. The predicted octanol–water partition coefficient (Wildman–Crippen LogP) is 5.90. The highest BCUT2D eigenvalue weighted by molar-refractivity contribution is 6.02. The van der Waals surface area contributed by atoms with Crippen molar-refractivity contribution in [3.8, 4) is 23.0 Å². The number of aromatic nitrogens is 3. The van der Waals surface area contributed by atoms with Crippen molar-refractivity contribution in [3.63, 3.8) is 0 Å². The molecular weight excluding hydrogens is 586 g/mol. The van der Waals surface area contributed by atoms with Crippen LogP contribution in [-0.2, 0) is 6.42 Å². The van der Waals surface area contributed by atoms with Gasteiger partial charge in [0.2, 0.25) is 0 Å². The molecule has 2 aliphatic carbocycles. The van der Waals surface area contributed by atoms with E-state index in [1.807, 2.05) is 0 Å². The summed E-state index contributed by atoms with van der Waals surface area (Å²) < 4.78 is 38.2. The lowest BCUT2D eigenvalue weighted by molar-refractivity contribution is 0.115. The number of hydrogen-bond donors (Lipinski definition) is 2. The van der Waals surface area contributed by atoms with Gasteiger partial charge in [0.25, 0.3) is 0 Å². The van der Waals surface area contributed by atoms with Crippen molar-refractivity contribution in [2.75, 3.05) is 50.8 Å². The second-order valence-electron chi connectivity index (χ2n) is 14.7. The largest absolute Gasteiger partial charge is 0.508 e. The van der Waals surface area contributed by atoms with Crippen LogP contribution in [0.3, 0.4) is 0 Å². The minimum Gasteiger partial charge on any atom is -0.508 e. The van der Waals surface area contributed by atoms with Crippen LogP contribution in [0.15, 0.2) is 24.3 Å². The molecule has 1 spiro atoms. The summed E-state index contributed by atoms with van der Waals surface area (Å²) in [5, 5.41) is 15.9. The van der Waals surface area contributed by atoms with Gasteiger partial charge in [-0.1, -0.05) is 6.07 Å². The van der Waals surface area contributed by atoms with Crippen molar-refractivity contribution in [2.45, 2.75) is 64.3 Å². The molecule has 10 heteroatoms. The Bertz CT molecular complexity index is 1880. The number of benzene rings is 2. The van der Waals surface area contributed by atoms with Gasteiger partial charge >= 0.3 is 6.01 Å². The Labute approximate surface area is 267 Å². The van der Waals surface area contributed by atoms with Crippen molar-refractivity contribution in [2.24, 2.45) is 10.8 Å². The average Bonchev–Trinajstić information content (AvgIpc) is 4.00. The standard InChI is InChI=1S/C36H40F2N6O2/c1-21-26(37)4-2-22-16-24(45)17-25(28(21)22)31-30(38)32-29-27(40-31)5-3-23-18-39-12-15-44(23)33(29)42-34(41-32)46-20-36(8-9-36)19-43-13-10-35(6-7-35)11-14-43/h2,4,16-17,23,39,45H,3,5-15,18-20H2,1H3. The van der Waals surface area contributed by atoms with E-state index in [1.54, 1.807) is 19.1 Å². The minimum atomic E-state index is -0.611. The second-order valence-corrected chi connectivity index (χ2v) is 14.7. The second kappa shape index (κ2) is 10.4. The molecule has 4 aromatic rings. The zero-order valence-corrected chi connectivity index (χ0v) is 26.3. The van der Waals surface area contributed by atoms with Gasteiger partial charge < -0.3 is 25.0 Å². The molecule has 5 aliphatic rings. The van der Waals surface area contributed by atoms with Crippen molar-refractivity contribution in [1.82, 2.24) is 25.2 Å². The number of hydrogen-bond acceptors (Lipinski definition) is 8. The molecule has 46 heavy (non-hydrogen) atoms. The summed E-state index contributed by atoms with van der Waals surface area (Å²) >= 11 is 0. The number of rotatable bonds is 6. The molecule has 5 heterocycles. The SMILES string of the molecule is Cc1c(F)ccc2cc(O)cc(-c3nc4c5c(nc(OCC6(CN7CCC8(CC7)CC8)CC6)nc5c3F)N3CCNCC3CC4)c12. The molecule has 2 N–H and O–H groups in total. The van der Waals surface area contributed by atoms with E-state index in [0.29, 0.717) is 57.2 Å². The van der Waals surface area contributed by atoms with Crippen LogP contribution in [0.2, 0.25) is 0 Å². The van der Waals surface area contributed by atoms with E-state index in [0.717, 1.165) is 45.4 Å². The molecule has 4 fully saturated rings. The van der Waals surface area contributed by atoms with Crippen LogP contribution in [0.25, 0.3) is 32.9 Å². The number of phenolic OH excluding ortho intramolecular Hbond substituents is 1. The van der Waals surface area contributed by atoms with Crippen molar-refractivity contribution >= 4 is 27.5 Å². The highest BCUT2D eigenvalue weighted by Gasteiger charge is 2.49. The minimum absolute atomic E-state index is 0.0352. The van der Waals surface area contributed by atoms with Gasteiger partial charge in [-0.15, -0.1) is 0 Å². The van der Waals surface area contributed by atoms with Gasteiger partial charge in [0.15, 0.2) is 5.82 Å². The number of pyridine rings is 1. The first-order valence-corrected chi connectivity index (χ1v) is 17.0. The number of halogens is 2.